The second kappa shape index (κ2) is 6.30. The van der Waals surface area contributed by atoms with Gasteiger partial charge in [0.1, 0.15) is 5.78 Å². The SMILES string of the molecule is CCC1CN(Cc2ncc(C)c([N+](=O)[O-])c2C)CCC1=O. The number of rotatable bonds is 4. The molecule has 1 aliphatic heterocycles. The largest absolute Gasteiger partial charge is 0.299 e. The van der Waals surface area contributed by atoms with E-state index in [1.54, 1.807) is 20.0 Å². The van der Waals surface area contributed by atoms with E-state index >= 15 is 0 Å². The fourth-order valence-electron chi connectivity index (χ4n) is 2.89. The smallest absolute Gasteiger partial charge is 0.278 e. The lowest BCUT2D eigenvalue weighted by Gasteiger charge is -2.31. The van der Waals surface area contributed by atoms with Crippen LogP contribution in [-0.2, 0) is 11.3 Å². The van der Waals surface area contributed by atoms with Gasteiger partial charge in [0, 0.05) is 49.3 Å². The van der Waals surface area contributed by atoms with Crippen LogP contribution in [0.5, 0.6) is 0 Å². The van der Waals surface area contributed by atoms with E-state index in [1.807, 2.05) is 6.92 Å². The van der Waals surface area contributed by atoms with Crippen molar-refractivity contribution in [2.45, 2.75) is 40.2 Å². The molecule has 21 heavy (non-hydrogen) atoms. The zero-order chi connectivity index (χ0) is 15.6. The number of aromatic nitrogens is 1. The Kier molecular flexibility index (Phi) is 4.67. The predicted molar refractivity (Wildman–Crippen MR) is 79.0 cm³/mol. The summed E-state index contributed by atoms with van der Waals surface area (Å²) in [6, 6.07) is 0. The number of likely N-dealkylation sites (tertiary alicyclic amines) is 1. The van der Waals surface area contributed by atoms with Gasteiger partial charge in [0.25, 0.3) is 5.69 Å². The summed E-state index contributed by atoms with van der Waals surface area (Å²) in [5.41, 5.74) is 2.10. The summed E-state index contributed by atoms with van der Waals surface area (Å²) < 4.78 is 0. The summed E-state index contributed by atoms with van der Waals surface area (Å²) in [6.45, 7) is 7.47. The number of carbonyl (C=O) groups excluding carboxylic acids is 1. The molecule has 114 valence electrons. The molecule has 6 nitrogen and oxygen atoms in total. The summed E-state index contributed by atoms with van der Waals surface area (Å²) in [5, 5.41) is 11.1. The van der Waals surface area contributed by atoms with E-state index < -0.39 is 0 Å². The van der Waals surface area contributed by atoms with Gasteiger partial charge in [-0.3, -0.25) is 24.8 Å². The van der Waals surface area contributed by atoms with Gasteiger partial charge in [-0.25, -0.2) is 0 Å². The third kappa shape index (κ3) is 3.26. The number of hydrogen-bond donors (Lipinski definition) is 0. The van der Waals surface area contributed by atoms with Gasteiger partial charge in [-0.2, -0.15) is 0 Å². The second-order valence-electron chi connectivity index (χ2n) is 5.68. The van der Waals surface area contributed by atoms with Crippen LogP contribution < -0.4 is 0 Å². The van der Waals surface area contributed by atoms with Gasteiger partial charge in [0.15, 0.2) is 0 Å². The Labute approximate surface area is 124 Å². The Morgan fingerprint density at radius 3 is 2.81 bits per heavy atom. The molecule has 1 fully saturated rings. The highest BCUT2D eigenvalue weighted by Crippen LogP contribution is 2.26. The van der Waals surface area contributed by atoms with E-state index in [4.69, 9.17) is 0 Å². The summed E-state index contributed by atoms with van der Waals surface area (Å²) in [6.07, 6.45) is 2.97. The molecule has 2 rings (SSSR count). The third-order valence-corrected chi connectivity index (χ3v) is 4.23. The van der Waals surface area contributed by atoms with Crippen molar-refractivity contribution >= 4 is 11.5 Å². The highest BCUT2D eigenvalue weighted by molar-refractivity contribution is 5.82. The number of carbonyl (C=O) groups is 1. The van der Waals surface area contributed by atoms with Crippen LogP contribution >= 0.6 is 0 Å². The first-order valence-corrected chi connectivity index (χ1v) is 7.28. The maximum atomic E-state index is 11.7. The molecule has 1 aromatic rings. The average Bonchev–Trinajstić information content (AvgIpc) is 2.43. The van der Waals surface area contributed by atoms with Crippen LogP contribution in [0.3, 0.4) is 0 Å². The molecule has 0 amide bonds. The van der Waals surface area contributed by atoms with Gasteiger partial charge in [0.2, 0.25) is 0 Å². The van der Waals surface area contributed by atoms with Crippen LogP contribution in [0.25, 0.3) is 0 Å². The summed E-state index contributed by atoms with van der Waals surface area (Å²) in [4.78, 5) is 29.1. The third-order valence-electron chi connectivity index (χ3n) is 4.23. The fourth-order valence-corrected chi connectivity index (χ4v) is 2.89. The molecule has 1 aliphatic rings. The minimum absolute atomic E-state index is 0.0829. The molecular weight excluding hydrogens is 270 g/mol. The highest BCUT2D eigenvalue weighted by atomic mass is 16.6. The van der Waals surface area contributed by atoms with E-state index in [-0.39, 0.29) is 16.5 Å². The number of pyridine rings is 1. The standard InChI is InChI=1S/C15H21N3O3/c1-4-12-8-17(6-5-14(12)19)9-13-11(3)15(18(20)21)10(2)7-16-13/h7,12H,4-6,8-9H2,1-3H3. The monoisotopic (exact) mass is 291 g/mol. The Hall–Kier alpha value is -1.82. The molecule has 0 aliphatic carbocycles. The zero-order valence-electron chi connectivity index (χ0n) is 12.8. The molecule has 1 aromatic heterocycles. The summed E-state index contributed by atoms with van der Waals surface area (Å²) >= 11 is 0. The number of piperidine rings is 1. The summed E-state index contributed by atoms with van der Waals surface area (Å²) in [7, 11) is 0. The van der Waals surface area contributed by atoms with Gasteiger partial charge in [-0.15, -0.1) is 0 Å². The minimum Gasteiger partial charge on any atom is -0.299 e. The lowest BCUT2D eigenvalue weighted by atomic mass is 9.94. The molecule has 6 heteroatoms. The van der Waals surface area contributed by atoms with Gasteiger partial charge < -0.3 is 0 Å². The van der Waals surface area contributed by atoms with Crippen LogP contribution in [0.4, 0.5) is 5.69 Å². The molecular formula is C15H21N3O3. The van der Waals surface area contributed by atoms with Crippen molar-refractivity contribution in [1.82, 2.24) is 9.88 Å². The predicted octanol–water partition coefficient (Wildman–Crippen LogP) is 2.41. The molecule has 0 N–H and O–H groups in total. The molecule has 0 spiro atoms. The van der Waals surface area contributed by atoms with E-state index in [1.165, 1.54) is 0 Å². The van der Waals surface area contributed by atoms with Crippen molar-refractivity contribution in [3.8, 4) is 0 Å². The van der Waals surface area contributed by atoms with E-state index in [0.29, 0.717) is 36.4 Å². The van der Waals surface area contributed by atoms with E-state index in [0.717, 1.165) is 18.7 Å². The van der Waals surface area contributed by atoms with Gasteiger partial charge in [0.05, 0.1) is 10.6 Å². The van der Waals surface area contributed by atoms with Crippen molar-refractivity contribution in [1.29, 1.82) is 0 Å². The Morgan fingerprint density at radius 1 is 1.48 bits per heavy atom. The van der Waals surface area contributed by atoms with Crippen LogP contribution in [-0.4, -0.2) is 33.7 Å². The minimum atomic E-state index is -0.343. The number of hydrogen-bond acceptors (Lipinski definition) is 5. The number of nitro groups is 1. The van der Waals surface area contributed by atoms with Gasteiger partial charge >= 0.3 is 0 Å². The Morgan fingerprint density at radius 2 is 2.19 bits per heavy atom. The Bertz CT molecular complexity index is 572. The van der Waals surface area contributed by atoms with Crippen LogP contribution in [0, 0.1) is 29.9 Å². The molecule has 0 radical (unpaired) electrons. The van der Waals surface area contributed by atoms with Crippen molar-refractivity contribution < 1.29 is 9.72 Å². The molecule has 2 heterocycles. The summed E-state index contributed by atoms with van der Waals surface area (Å²) in [5.74, 6) is 0.410. The molecule has 0 aromatic carbocycles. The lowest BCUT2D eigenvalue weighted by molar-refractivity contribution is -0.386. The first kappa shape index (κ1) is 15.6. The van der Waals surface area contributed by atoms with Crippen molar-refractivity contribution in [3.05, 3.63) is 33.1 Å². The first-order valence-electron chi connectivity index (χ1n) is 7.28. The van der Waals surface area contributed by atoms with Gasteiger partial charge in [-0.1, -0.05) is 6.92 Å². The van der Waals surface area contributed by atoms with E-state index in [9.17, 15) is 14.9 Å². The maximum absolute atomic E-state index is 11.7. The van der Waals surface area contributed by atoms with E-state index in [2.05, 4.69) is 9.88 Å². The van der Waals surface area contributed by atoms with Crippen LogP contribution in [0.1, 0.15) is 36.6 Å². The van der Waals surface area contributed by atoms with Crippen molar-refractivity contribution in [2.24, 2.45) is 5.92 Å². The number of Topliss-reactive ketones (excluding diaryl/α,β-unsaturated/α-hetero) is 1. The number of aryl methyl sites for hydroxylation is 1. The molecule has 1 unspecified atom stereocenters. The first-order chi connectivity index (χ1) is 9.93. The average molecular weight is 291 g/mol. The lowest BCUT2D eigenvalue weighted by Crippen LogP contribution is -2.40. The van der Waals surface area contributed by atoms with Crippen molar-refractivity contribution in [2.75, 3.05) is 13.1 Å². The topological polar surface area (TPSA) is 76.3 Å². The maximum Gasteiger partial charge on any atom is 0.278 e. The number of ketones is 1. The molecule has 0 saturated carbocycles. The second-order valence-corrected chi connectivity index (χ2v) is 5.68. The fraction of sp³-hybridized carbons (Fsp3) is 0.600. The Balaban J connectivity index is 2.19. The molecule has 0 bridgehead atoms. The highest BCUT2D eigenvalue weighted by Gasteiger charge is 2.27. The number of nitrogens with zero attached hydrogens (tertiary/aromatic N) is 3. The molecule has 1 saturated heterocycles. The van der Waals surface area contributed by atoms with Crippen LogP contribution in [0.15, 0.2) is 6.20 Å². The van der Waals surface area contributed by atoms with Gasteiger partial charge in [-0.05, 0) is 20.3 Å². The normalized spacial score (nSPS) is 19.8. The van der Waals surface area contributed by atoms with Crippen molar-refractivity contribution in [3.63, 3.8) is 0 Å². The molecule has 1 atom stereocenters. The zero-order valence-corrected chi connectivity index (χ0v) is 12.8. The quantitative estimate of drug-likeness (QED) is 0.629. The van der Waals surface area contributed by atoms with Crippen LogP contribution in [0.2, 0.25) is 0 Å².